The minimum Gasteiger partial charge on any atom is -0.396 e. The van der Waals surface area contributed by atoms with Gasteiger partial charge in [0.2, 0.25) is 5.91 Å². The minimum absolute atomic E-state index is 0.122. The molecule has 0 radical (unpaired) electrons. The summed E-state index contributed by atoms with van der Waals surface area (Å²) in [5, 5.41) is 11.7. The normalized spacial score (nSPS) is 19.2. The van der Waals surface area contributed by atoms with Crippen molar-refractivity contribution in [3.05, 3.63) is 29.6 Å². The summed E-state index contributed by atoms with van der Waals surface area (Å²) in [6, 6.07) is 4.37. The van der Waals surface area contributed by atoms with E-state index in [0.29, 0.717) is 18.2 Å². The molecule has 1 atom stereocenters. The van der Waals surface area contributed by atoms with Gasteiger partial charge in [0.05, 0.1) is 6.54 Å². The zero-order chi connectivity index (χ0) is 14.5. The van der Waals surface area contributed by atoms with Crippen molar-refractivity contribution in [2.75, 3.05) is 31.6 Å². The van der Waals surface area contributed by atoms with Crippen LogP contribution >= 0.6 is 0 Å². The Bertz CT molecular complexity index is 479. The highest BCUT2D eigenvalue weighted by Gasteiger charge is 2.23. The quantitative estimate of drug-likeness (QED) is 0.864. The number of hydrogen-bond donors (Lipinski definition) is 2. The van der Waals surface area contributed by atoms with E-state index in [9.17, 15) is 9.18 Å². The second-order valence-electron chi connectivity index (χ2n) is 5.41. The average molecular weight is 280 g/mol. The Hall–Kier alpha value is -1.46. The van der Waals surface area contributed by atoms with Gasteiger partial charge in [-0.25, -0.2) is 4.39 Å². The molecule has 0 aliphatic carbocycles. The number of nitrogens with zero attached hydrogens (tertiary/aromatic N) is 1. The van der Waals surface area contributed by atoms with Gasteiger partial charge < -0.3 is 10.4 Å². The summed E-state index contributed by atoms with van der Waals surface area (Å²) in [6.07, 6.45) is 1.81. The number of amides is 1. The molecule has 4 nitrogen and oxygen atoms in total. The molecule has 1 unspecified atom stereocenters. The van der Waals surface area contributed by atoms with Crippen molar-refractivity contribution in [1.82, 2.24) is 4.90 Å². The number of halogens is 1. The molecule has 5 heteroatoms. The van der Waals surface area contributed by atoms with Crippen LogP contribution in [0.3, 0.4) is 0 Å². The second-order valence-corrected chi connectivity index (χ2v) is 5.41. The van der Waals surface area contributed by atoms with Crippen LogP contribution in [-0.4, -0.2) is 42.2 Å². The lowest BCUT2D eigenvalue weighted by atomic mass is 10.1. The van der Waals surface area contributed by atoms with Gasteiger partial charge in [-0.2, -0.15) is 0 Å². The fourth-order valence-electron chi connectivity index (χ4n) is 2.60. The summed E-state index contributed by atoms with van der Waals surface area (Å²) < 4.78 is 13.2. The van der Waals surface area contributed by atoms with Crippen molar-refractivity contribution in [3.8, 4) is 0 Å². The number of carbonyl (C=O) groups is 1. The lowest BCUT2D eigenvalue weighted by molar-refractivity contribution is -0.117. The van der Waals surface area contributed by atoms with E-state index in [1.165, 1.54) is 12.1 Å². The van der Waals surface area contributed by atoms with Crippen LogP contribution in [-0.2, 0) is 4.79 Å². The molecule has 1 aromatic carbocycles. The number of benzene rings is 1. The first-order valence-electron chi connectivity index (χ1n) is 6.97. The fraction of sp³-hybridized carbons (Fsp3) is 0.533. The molecule has 2 rings (SSSR count). The maximum atomic E-state index is 13.2. The highest BCUT2D eigenvalue weighted by atomic mass is 19.1. The van der Waals surface area contributed by atoms with E-state index in [-0.39, 0.29) is 18.3 Å². The highest BCUT2D eigenvalue weighted by Crippen LogP contribution is 2.19. The van der Waals surface area contributed by atoms with Crippen LogP contribution in [0.4, 0.5) is 10.1 Å². The van der Waals surface area contributed by atoms with E-state index in [4.69, 9.17) is 5.11 Å². The number of aryl methyl sites for hydroxylation is 1. The number of likely N-dealkylation sites (tertiary alicyclic amines) is 1. The number of rotatable bonds is 5. The maximum Gasteiger partial charge on any atom is 0.238 e. The van der Waals surface area contributed by atoms with Crippen molar-refractivity contribution in [2.24, 2.45) is 5.92 Å². The van der Waals surface area contributed by atoms with Crippen LogP contribution < -0.4 is 5.32 Å². The van der Waals surface area contributed by atoms with Crippen molar-refractivity contribution < 1.29 is 14.3 Å². The van der Waals surface area contributed by atoms with Crippen LogP contribution in [0.25, 0.3) is 0 Å². The Balaban J connectivity index is 1.85. The van der Waals surface area contributed by atoms with Crippen LogP contribution in [0.2, 0.25) is 0 Å². The van der Waals surface area contributed by atoms with Gasteiger partial charge in [0, 0.05) is 18.8 Å². The van der Waals surface area contributed by atoms with Crippen LogP contribution in [0.1, 0.15) is 18.4 Å². The topological polar surface area (TPSA) is 52.6 Å². The fourth-order valence-corrected chi connectivity index (χ4v) is 2.60. The van der Waals surface area contributed by atoms with Gasteiger partial charge in [0.15, 0.2) is 0 Å². The number of nitrogens with one attached hydrogen (secondary N) is 1. The third-order valence-electron chi connectivity index (χ3n) is 3.75. The molecule has 110 valence electrons. The molecular weight excluding hydrogens is 259 g/mol. The van der Waals surface area contributed by atoms with Crippen molar-refractivity contribution >= 4 is 11.6 Å². The molecule has 1 aliphatic heterocycles. The lowest BCUT2D eigenvalue weighted by Gasteiger charge is -2.16. The zero-order valence-electron chi connectivity index (χ0n) is 11.7. The molecule has 2 N–H and O–H groups in total. The number of aliphatic hydroxyl groups excluding tert-OH is 1. The van der Waals surface area contributed by atoms with Gasteiger partial charge in [-0.05, 0) is 49.9 Å². The predicted molar refractivity (Wildman–Crippen MR) is 76.0 cm³/mol. The summed E-state index contributed by atoms with van der Waals surface area (Å²) >= 11 is 0. The molecule has 0 bridgehead atoms. The summed E-state index contributed by atoms with van der Waals surface area (Å²) in [5.74, 6) is 0.00198. The Morgan fingerprint density at radius 2 is 2.35 bits per heavy atom. The SMILES string of the molecule is Cc1ccc(F)cc1NC(=O)CN1CCC(CCO)C1. The van der Waals surface area contributed by atoms with E-state index in [1.807, 2.05) is 6.92 Å². The van der Waals surface area contributed by atoms with E-state index in [2.05, 4.69) is 10.2 Å². The zero-order valence-corrected chi connectivity index (χ0v) is 11.7. The highest BCUT2D eigenvalue weighted by molar-refractivity contribution is 5.92. The van der Waals surface area contributed by atoms with Crippen molar-refractivity contribution in [1.29, 1.82) is 0 Å². The molecule has 1 fully saturated rings. The van der Waals surface area contributed by atoms with Crippen molar-refractivity contribution in [2.45, 2.75) is 19.8 Å². The van der Waals surface area contributed by atoms with Gasteiger partial charge >= 0.3 is 0 Å². The predicted octanol–water partition coefficient (Wildman–Crippen LogP) is 1.78. The number of anilines is 1. The van der Waals surface area contributed by atoms with Gasteiger partial charge in [-0.15, -0.1) is 0 Å². The van der Waals surface area contributed by atoms with E-state index < -0.39 is 0 Å². The Labute approximate surface area is 118 Å². The van der Waals surface area contributed by atoms with Crippen LogP contribution in [0.5, 0.6) is 0 Å². The summed E-state index contributed by atoms with van der Waals surface area (Å²) in [6.45, 7) is 4.07. The first-order valence-corrected chi connectivity index (χ1v) is 6.97. The molecule has 1 aromatic rings. The molecular formula is C15H21FN2O2. The summed E-state index contributed by atoms with van der Waals surface area (Å²) in [7, 11) is 0. The molecule has 0 saturated carbocycles. The molecule has 1 amide bonds. The number of carbonyl (C=O) groups excluding carboxylic acids is 1. The Morgan fingerprint density at radius 3 is 3.10 bits per heavy atom. The third kappa shape index (κ3) is 4.02. The first-order chi connectivity index (χ1) is 9.58. The molecule has 20 heavy (non-hydrogen) atoms. The van der Waals surface area contributed by atoms with Gasteiger partial charge in [0.1, 0.15) is 5.82 Å². The molecule has 0 spiro atoms. The van der Waals surface area contributed by atoms with E-state index >= 15 is 0 Å². The van der Waals surface area contributed by atoms with E-state index in [0.717, 1.165) is 31.5 Å². The monoisotopic (exact) mass is 280 g/mol. The average Bonchev–Trinajstić information content (AvgIpc) is 2.81. The Morgan fingerprint density at radius 1 is 1.55 bits per heavy atom. The summed E-state index contributed by atoms with van der Waals surface area (Å²) in [5.41, 5.74) is 1.38. The van der Waals surface area contributed by atoms with Gasteiger partial charge in [-0.3, -0.25) is 9.69 Å². The van der Waals surface area contributed by atoms with E-state index in [1.54, 1.807) is 6.07 Å². The maximum absolute atomic E-state index is 13.2. The molecule has 0 aromatic heterocycles. The van der Waals surface area contributed by atoms with Crippen molar-refractivity contribution in [3.63, 3.8) is 0 Å². The largest absolute Gasteiger partial charge is 0.396 e. The van der Waals surface area contributed by atoms with Gasteiger partial charge in [0.25, 0.3) is 0 Å². The smallest absolute Gasteiger partial charge is 0.238 e. The summed E-state index contributed by atoms with van der Waals surface area (Å²) in [4.78, 5) is 14.0. The van der Waals surface area contributed by atoms with Crippen LogP contribution in [0, 0.1) is 18.7 Å². The van der Waals surface area contributed by atoms with Crippen LogP contribution in [0.15, 0.2) is 18.2 Å². The molecule has 1 saturated heterocycles. The number of hydrogen-bond acceptors (Lipinski definition) is 3. The lowest BCUT2D eigenvalue weighted by Crippen LogP contribution is -2.31. The van der Waals surface area contributed by atoms with Gasteiger partial charge in [-0.1, -0.05) is 6.07 Å². The first kappa shape index (κ1) is 14.9. The Kier molecular flexibility index (Phi) is 5.09. The molecule has 1 heterocycles. The third-order valence-corrected chi connectivity index (χ3v) is 3.75. The standard InChI is InChI=1S/C15H21FN2O2/c1-11-2-3-13(16)8-14(11)17-15(20)10-18-6-4-12(9-18)5-7-19/h2-3,8,12,19H,4-7,9-10H2,1H3,(H,17,20). The molecule has 1 aliphatic rings. The number of aliphatic hydroxyl groups is 1. The second kappa shape index (κ2) is 6.81. The minimum atomic E-state index is -0.352.